The van der Waals surface area contributed by atoms with Gasteiger partial charge in [-0.3, -0.25) is 0 Å². The molecule has 6 atom stereocenters. The lowest BCUT2D eigenvalue weighted by atomic mass is 9.61. The third-order valence-electron chi connectivity index (χ3n) is 8.73. The number of hydrogen-bond acceptors (Lipinski definition) is 2. The predicted octanol–water partition coefficient (Wildman–Crippen LogP) is 9.44. The van der Waals surface area contributed by atoms with Crippen LogP contribution in [0.15, 0.2) is 47.6 Å². The van der Waals surface area contributed by atoms with Crippen molar-refractivity contribution in [3.8, 4) is 0 Å². The minimum absolute atomic E-state index is 0.164. The molecule has 0 aliphatic heterocycles. The molecule has 0 amide bonds. The van der Waals surface area contributed by atoms with E-state index in [9.17, 15) is 10.2 Å². The van der Waals surface area contributed by atoms with Crippen LogP contribution in [0.1, 0.15) is 121 Å². The van der Waals surface area contributed by atoms with Crippen LogP contribution in [0.5, 0.6) is 0 Å². The third-order valence-corrected chi connectivity index (χ3v) is 8.73. The highest BCUT2D eigenvalue weighted by Gasteiger charge is 2.50. The third kappa shape index (κ3) is 9.02. The van der Waals surface area contributed by atoms with Crippen molar-refractivity contribution in [1.82, 2.24) is 0 Å². The Hall–Kier alpha value is -1.12. The number of fused-ring (bicyclic) bond motifs is 1. The zero-order valence-corrected chi connectivity index (χ0v) is 25.5. The summed E-state index contributed by atoms with van der Waals surface area (Å²) < 4.78 is 0. The summed E-state index contributed by atoms with van der Waals surface area (Å²) in [7, 11) is 0. The van der Waals surface area contributed by atoms with Crippen molar-refractivity contribution in [3.63, 3.8) is 0 Å². The van der Waals surface area contributed by atoms with Crippen molar-refractivity contribution in [1.29, 1.82) is 0 Å². The molecule has 0 aromatic rings. The van der Waals surface area contributed by atoms with Crippen LogP contribution in [0.3, 0.4) is 0 Å². The molecule has 6 unspecified atom stereocenters. The number of aliphatic hydroxyl groups is 2. The summed E-state index contributed by atoms with van der Waals surface area (Å²) in [5, 5.41) is 20.4. The molecule has 3 fully saturated rings. The number of allylic oxidation sites excluding steroid dienone is 4. The van der Waals surface area contributed by atoms with E-state index in [0.29, 0.717) is 23.2 Å². The van der Waals surface area contributed by atoms with Gasteiger partial charge < -0.3 is 10.2 Å². The molecule has 0 bridgehead atoms. The topological polar surface area (TPSA) is 40.5 Å². The molecule has 3 aliphatic carbocycles. The van der Waals surface area contributed by atoms with E-state index in [2.05, 4.69) is 72.4 Å². The molecule has 208 valence electrons. The zero-order chi connectivity index (χ0) is 27.7. The second kappa shape index (κ2) is 14.7. The molecule has 3 rings (SSSR count). The first-order valence-electron chi connectivity index (χ1n) is 14.9. The van der Waals surface area contributed by atoms with E-state index in [4.69, 9.17) is 0 Å². The monoisotopic (exact) mass is 500 g/mol. The lowest BCUT2D eigenvalue weighted by Gasteiger charge is -2.44. The zero-order valence-electron chi connectivity index (χ0n) is 25.5. The Bertz CT molecular complexity index is 760. The first-order chi connectivity index (χ1) is 16.8. The van der Waals surface area contributed by atoms with Crippen LogP contribution < -0.4 is 0 Å². The summed E-state index contributed by atoms with van der Waals surface area (Å²) in [6, 6.07) is 0. The molecule has 2 nitrogen and oxygen atoms in total. The molecule has 2 heteroatoms. The van der Waals surface area contributed by atoms with Crippen LogP contribution in [0, 0.1) is 35.0 Å². The quantitative estimate of drug-likeness (QED) is 0.369. The maximum Gasteiger partial charge on any atom is 0.0787 e. The maximum absolute atomic E-state index is 10.3. The second-order valence-corrected chi connectivity index (χ2v) is 12.9. The van der Waals surface area contributed by atoms with Crippen LogP contribution in [-0.2, 0) is 0 Å². The van der Waals surface area contributed by atoms with Crippen molar-refractivity contribution in [2.75, 3.05) is 0 Å². The molecular formula is C34H60O2. The Kier molecular flexibility index (Phi) is 13.5. The van der Waals surface area contributed by atoms with E-state index < -0.39 is 5.60 Å². The van der Waals surface area contributed by atoms with Crippen molar-refractivity contribution >= 4 is 0 Å². The number of aliphatic hydroxyl groups excluding tert-OH is 1. The Balaban J connectivity index is 0.000000982. The fourth-order valence-corrected chi connectivity index (χ4v) is 6.29. The lowest BCUT2D eigenvalue weighted by Crippen LogP contribution is -2.35. The van der Waals surface area contributed by atoms with Crippen molar-refractivity contribution in [2.24, 2.45) is 35.0 Å². The van der Waals surface area contributed by atoms with E-state index >= 15 is 0 Å². The second-order valence-electron chi connectivity index (χ2n) is 12.9. The SMILES string of the molecule is C=C1/C(=C\C=C2/CCCC3(C)C2CCC3C(C)/C=C/C(C)C(C)(C)O)CCCC1O.CC.CC(C)C. The molecule has 0 spiro atoms. The molecule has 0 radical (unpaired) electrons. The van der Waals surface area contributed by atoms with E-state index in [1.165, 1.54) is 37.7 Å². The summed E-state index contributed by atoms with van der Waals surface area (Å²) in [6.07, 6.45) is 18.3. The summed E-state index contributed by atoms with van der Waals surface area (Å²) in [5.74, 6) is 2.92. The van der Waals surface area contributed by atoms with Gasteiger partial charge in [0.1, 0.15) is 0 Å². The van der Waals surface area contributed by atoms with Gasteiger partial charge in [-0.15, -0.1) is 0 Å². The van der Waals surface area contributed by atoms with Gasteiger partial charge in [0.25, 0.3) is 0 Å². The smallest absolute Gasteiger partial charge is 0.0787 e. The summed E-state index contributed by atoms with van der Waals surface area (Å²) in [6.45, 7) is 25.4. The summed E-state index contributed by atoms with van der Waals surface area (Å²) in [4.78, 5) is 0. The van der Waals surface area contributed by atoms with E-state index in [0.717, 1.165) is 30.8 Å². The molecule has 0 saturated heterocycles. The highest BCUT2D eigenvalue weighted by atomic mass is 16.3. The summed E-state index contributed by atoms with van der Waals surface area (Å²) in [5.41, 5.74) is 3.50. The van der Waals surface area contributed by atoms with E-state index in [1.807, 2.05) is 27.7 Å². The van der Waals surface area contributed by atoms with Gasteiger partial charge in [-0.05, 0) is 105 Å². The fraction of sp³-hybridized carbons (Fsp3) is 0.765. The van der Waals surface area contributed by atoms with Gasteiger partial charge in [0.15, 0.2) is 0 Å². The van der Waals surface area contributed by atoms with Crippen LogP contribution >= 0.6 is 0 Å². The van der Waals surface area contributed by atoms with Gasteiger partial charge in [-0.25, -0.2) is 0 Å². The average molecular weight is 501 g/mol. The van der Waals surface area contributed by atoms with Gasteiger partial charge in [-0.1, -0.05) is 91.8 Å². The van der Waals surface area contributed by atoms with Crippen LogP contribution in [0.4, 0.5) is 0 Å². The molecule has 0 aromatic carbocycles. The van der Waals surface area contributed by atoms with Gasteiger partial charge in [0.05, 0.1) is 11.7 Å². The van der Waals surface area contributed by atoms with Crippen LogP contribution in [0.25, 0.3) is 0 Å². The molecule has 3 saturated carbocycles. The lowest BCUT2D eigenvalue weighted by molar-refractivity contribution is 0.0436. The Labute approximate surface area is 225 Å². The standard InChI is InChI=1S/C28H44O2.C4H10.C2H6/c1-19(12-13-20(2)27(4,5)30)24-16-17-25-23(10-8-18-28(24,25)6)15-14-22-9-7-11-26(29)21(22)3;1-4(2)3;1-2/h12-15,19-20,24-26,29-30H,3,7-11,16-18H2,1-2,4-6H3;4H,1-3H3;1-2H3/b13-12+,22-14-,23-15+;;. The predicted molar refractivity (Wildman–Crippen MR) is 159 cm³/mol. The highest BCUT2D eigenvalue weighted by Crippen LogP contribution is 2.59. The molecule has 0 heterocycles. The Morgan fingerprint density at radius 1 is 0.944 bits per heavy atom. The van der Waals surface area contributed by atoms with Crippen molar-refractivity contribution < 1.29 is 10.2 Å². The number of rotatable bonds is 5. The van der Waals surface area contributed by atoms with E-state index in [-0.39, 0.29) is 12.0 Å². The molecule has 36 heavy (non-hydrogen) atoms. The molecular weight excluding hydrogens is 440 g/mol. The Morgan fingerprint density at radius 3 is 2.14 bits per heavy atom. The van der Waals surface area contributed by atoms with Crippen LogP contribution in [-0.4, -0.2) is 21.9 Å². The minimum atomic E-state index is -0.663. The van der Waals surface area contributed by atoms with Crippen LogP contribution in [0.2, 0.25) is 0 Å². The first-order valence-corrected chi connectivity index (χ1v) is 14.9. The Morgan fingerprint density at radius 2 is 1.56 bits per heavy atom. The first kappa shape index (κ1) is 32.9. The summed E-state index contributed by atoms with van der Waals surface area (Å²) >= 11 is 0. The highest BCUT2D eigenvalue weighted by molar-refractivity contribution is 5.37. The van der Waals surface area contributed by atoms with Gasteiger partial charge in [0.2, 0.25) is 0 Å². The molecule has 2 N–H and O–H groups in total. The molecule has 3 aliphatic rings. The van der Waals surface area contributed by atoms with Crippen molar-refractivity contribution in [2.45, 2.75) is 132 Å². The normalized spacial score (nSPS) is 32.6. The minimum Gasteiger partial charge on any atom is -0.390 e. The largest absolute Gasteiger partial charge is 0.390 e. The molecule has 0 aromatic heterocycles. The van der Waals surface area contributed by atoms with Gasteiger partial charge in [0, 0.05) is 5.92 Å². The van der Waals surface area contributed by atoms with Crippen molar-refractivity contribution in [3.05, 3.63) is 47.6 Å². The van der Waals surface area contributed by atoms with Gasteiger partial charge in [-0.2, -0.15) is 0 Å². The number of hydrogen-bond donors (Lipinski definition) is 2. The fourth-order valence-electron chi connectivity index (χ4n) is 6.29. The maximum atomic E-state index is 10.3. The van der Waals surface area contributed by atoms with E-state index in [1.54, 1.807) is 5.57 Å². The average Bonchev–Trinajstić information content (AvgIpc) is 3.16. The van der Waals surface area contributed by atoms with Gasteiger partial charge >= 0.3 is 0 Å².